The molecule has 132 valence electrons. The van der Waals surface area contributed by atoms with Crippen LogP contribution in [0.1, 0.15) is 11.3 Å². The first-order valence-electron chi connectivity index (χ1n) is 7.12. The van der Waals surface area contributed by atoms with Gasteiger partial charge in [0.1, 0.15) is 5.15 Å². The maximum atomic E-state index is 6.07. The fourth-order valence-corrected chi connectivity index (χ4v) is 2.91. The second-order valence-corrected chi connectivity index (χ2v) is 6.61. The lowest BCUT2D eigenvalue weighted by Crippen LogP contribution is -2.36. The first-order valence-corrected chi connectivity index (χ1v) is 9.10. The largest absolute Gasteiger partial charge is 0.352 e. The Labute approximate surface area is 174 Å². The van der Waals surface area contributed by atoms with E-state index >= 15 is 0 Å². The van der Waals surface area contributed by atoms with Gasteiger partial charge in [0, 0.05) is 31.2 Å². The first kappa shape index (κ1) is 21.5. The smallest absolute Gasteiger partial charge is 0.191 e. The lowest BCUT2D eigenvalue weighted by Gasteiger charge is -2.12. The Balaban J connectivity index is 0.00000288. The van der Waals surface area contributed by atoms with Gasteiger partial charge in [0.15, 0.2) is 5.96 Å². The van der Waals surface area contributed by atoms with E-state index in [-0.39, 0.29) is 24.0 Å². The minimum Gasteiger partial charge on any atom is -0.352 e. The van der Waals surface area contributed by atoms with Gasteiger partial charge in [0.2, 0.25) is 0 Å². The van der Waals surface area contributed by atoms with Gasteiger partial charge in [0.25, 0.3) is 0 Å². The Morgan fingerprint density at radius 1 is 1.17 bits per heavy atom. The van der Waals surface area contributed by atoms with Crippen LogP contribution in [0.5, 0.6) is 0 Å². The third-order valence-corrected chi connectivity index (χ3v) is 5.08. The summed E-state index contributed by atoms with van der Waals surface area (Å²) in [5.74, 6) is 0.729. The van der Waals surface area contributed by atoms with Gasteiger partial charge in [0.05, 0.1) is 11.6 Å². The van der Waals surface area contributed by atoms with Crippen molar-refractivity contribution in [1.82, 2.24) is 15.2 Å². The van der Waals surface area contributed by atoms with Crippen molar-refractivity contribution in [2.24, 2.45) is 12.0 Å². The van der Waals surface area contributed by atoms with Crippen molar-refractivity contribution in [3.63, 3.8) is 0 Å². The SMILES string of the molecule is CN=C(NCc1ccc(SC)cc1)NCc1cc(Cl)c(Cl)n1C.I. The van der Waals surface area contributed by atoms with Crippen LogP contribution >= 0.6 is 58.9 Å². The summed E-state index contributed by atoms with van der Waals surface area (Å²) in [6.07, 6.45) is 2.07. The third-order valence-electron chi connectivity index (χ3n) is 3.50. The number of aliphatic imine (C=N–C) groups is 1. The molecule has 0 aliphatic rings. The first-order chi connectivity index (χ1) is 11.0. The Bertz CT molecular complexity index is 686. The van der Waals surface area contributed by atoms with Gasteiger partial charge >= 0.3 is 0 Å². The van der Waals surface area contributed by atoms with E-state index in [9.17, 15) is 0 Å². The van der Waals surface area contributed by atoms with Crippen molar-refractivity contribution >= 4 is 64.9 Å². The van der Waals surface area contributed by atoms with E-state index in [1.807, 2.05) is 17.7 Å². The van der Waals surface area contributed by atoms with E-state index in [1.54, 1.807) is 18.8 Å². The van der Waals surface area contributed by atoms with Crippen molar-refractivity contribution in [3.05, 3.63) is 51.8 Å². The molecule has 2 rings (SSSR count). The Hall–Kier alpha value is -0.570. The molecule has 0 unspecified atom stereocenters. The molecule has 0 spiro atoms. The average Bonchev–Trinajstić information content (AvgIpc) is 2.82. The van der Waals surface area contributed by atoms with Crippen molar-refractivity contribution in [1.29, 1.82) is 0 Å². The number of hydrogen-bond acceptors (Lipinski definition) is 2. The van der Waals surface area contributed by atoms with Gasteiger partial charge in [-0.2, -0.15) is 0 Å². The van der Waals surface area contributed by atoms with Crippen LogP contribution in [0.25, 0.3) is 0 Å². The zero-order chi connectivity index (χ0) is 16.8. The molecule has 0 saturated heterocycles. The predicted octanol–water partition coefficient (Wildman–Crippen LogP) is 4.54. The molecule has 0 aliphatic heterocycles. The lowest BCUT2D eigenvalue weighted by molar-refractivity contribution is 0.750. The van der Waals surface area contributed by atoms with Crippen LogP contribution in [-0.2, 0) is 20.1 Å². The molecule has 8 heteroatoms. The molecule has 2 N–H and O–H groups in total. The maximum Gasteiger partial charge on any atom is 0.191 e. The highest BCUT2D eigenvalue weighted by atomic mass is 127. The number of aromatic nitrogens is 1. The number of rotatable bonds is 5. The number of nitrogens with zero attached hydrogens (tertiary/aromatic N) is 2. The summed E-state index contributed by atoms with van der Waals surface area (Å²) in [7, 11) is 3.63. The number of halogens is 3. The van der Waals surface area contributed by atoms with E-state index in [0.717, 1.165) is 11.7 Å². The zero-order valence-corrected chi connectivity index (χ0v) is 18.4. The molecule has 1 aromatic carbocycles. The van der Waals surface area contributed by atoms with Gasteiger partial charge < -0.3 is 15.2 Å². The Kier molecular flexibility index (Phi) is 9.33. The van der Waals surface area contributed by atoms with Crippen LogP contribution in [0.15, 0.2) is 40.2 Å². The zero-order valence-electron chi connectivity index (χ0n) is 13.8. The van der Waals surface area contributed by atoms with E-state index in [0.29, 0.717) is 23.3 Å². The molecule has 2 aromatic rings. The van der Waals surface area contributed by atoms with Crippen molar-refractivity contribution in [2.75, 3.05) is 13.3 Å². The van der Waals surface area contributed by atoms with E-state index in [4.69, 9.17) is 23.2 Å². The van der Waals surface area contributed by atoms with Crippen LogP contribution in [0.3, 0.4) is 0 Å². The molecule has 0 radical (unpaired) electrons. The average molecular weight is 499 g/mol. The monoisotopic (exact) mass is 498 g/mol. The standard InChI is InChI=1S/C16H20Cl2N4S.HI/c1-19-16(20-9-11-4-6-13(23-3)7-5-11)21-10-12-8-14(17)15(18)22(12)2;/h4-8H,9-10H2,1-3H3,(H2,19,20,21);1H. The summed E-state index contributed by atoms with van der Waals surface area (Å²) >= 11 is 13.8. The normalized spacial score (nSPS) is 11.1. The van der Waals surface area contributed by atoms with Crippen LogP contribution < -0.4 is 10.6 Å². The van der Waals surface area contributed by atoms with Crippen LogP contribution in [-0.4, -0.2) is 23.8 Å². The molecular weight excluding hydrogens is 478 g/mol. The van der Waals surface area contributed by atoms with Gasteiger partial charge in [-0.15, -0.1) is 35.7 Å². The highest BCUT2D eigenvalue weighted by Crippen LogP contribution is 2.24. The van der Waals surface area contributed by atoms with Gasteiger partial charge in [-0.3, -0.25) is 4.99 Å². The van der Waals surface area contributed by atoms with Gasteiger partial charge in [-0.05, 0) is 30.0 Å². The van der Waals surface area contributed by atoms with Gasteiger partial charge in [-0.1, -0.05) is 35.3 Å². The van der Waals surface area contributed by atoms with Crippen molar-refractivity contribution in [2.45, 2.75) is 18.0 Å². The van der Waals surface area contributed by atoms with Crippen LogP contribution in [0, 0.1) is 0 Å². The number of hydrogen-bond donors (Lipinski definition) is 2. The second-order valence-electron chi connectivity index (χ2n) is 4.96. The number of nitrogens with one attached hydrogen (secondary N) is 2. The summed E-state index contributed by atoms with van der Waals surface area (Å²) < 4.78 is 1.85. The number of thioether (sulfide) groups is 1. The molecule has 24 heavy (non-hydrogen) atoms. The highest BCUT2D eigenvalue weighted by molar-refractivity contribution is 14.0. The molecule has 0 aliphatic carbocycles. The Morgan fingerprint density at radius 2 is 1.79 bits per heavy atom. The highest BCUT2D eigenvalue weighted by Gasteiger charge is 2.09. The molecule has 0 fully saturated rings. The molecule has 0 amide bonds. The van der Waals surface area contributed by atoms with Gasteiger partial charge in [-0.25, -0.2) is 0 Å². The quantitative estimate of drug-likeness (QED) is 0.275. The summed E-state index contributed by atoms with van der Waals surface area (Å²) in [5, 5.41) is 7.65. The molecule has 4 nitrogen and oxygen atoms in total. The third kappa shape index (κ3) is 5.75. The molecule has 0 atom stereocenters. The van der Waals surface area contributed by atoms with E-state index in [1.165, 1.54) is 10.5 Å². The van der Waals surface area contributed by atoms with E-state index < -0.39 is 0 Å². The van der Waals surface area contributed by atoms with Crippen LogP contribution in [0.2, 0.25) is 10.2 Å². The molecule has 0 saturated carbocycles. The molecule has 0 bridgehead atoms. The topological polar surface area (TPSA) is 41.4 Å². The van der Waals surface area contributed by atoms with E-state index in [2.05, 4.69) is 46.1 Å². The molecular formula is C16H21Cl2IN4S. The fourth-order valence-electron chi connectivity index (χ4n) is 2.08. The molecule has 1 heterocycles. The summed E-state index contributed by atoms with van der Waals surface area (Å²) in [5.41, 5.74) is 2.20. The molecule has 1 aromatic heterocycles. The lowest BCUT2D eigenvalue weighted by atomic mass is 10.2. The summed E-state index contributed by atoms with van der Waals surface area (Å²) in [6, 6.07) is 10.3. The second kappa shape index (κ2) is 10.4. The number of benzene rings is 1. The Morgan fingerprint density at radius 3 is 2.29 bits per heavy atom. The fraction of sp³-hybridized carbons (Fsp3) is 0.312. The minimum absolute atomic E-state index is 0. The predicted molar refractivity (Wildman–Crippen MR) is 116 cm³/mol. The summed E-state index contributed by atoms with van der Waals surface area (Å²) in [6.45, 7) is 1.30. The van der Waals surface area contributed by atoms with Crippen LogP contribution in [0.4, 0.5) is 0 Å². The maximum absolute atomic E-state index is 6.07. The minimum atomic E-state index is 0. The number of guanidine groups is 1. The van der Waals surface area contributed by atoms with Crippen molar-refractivity contribution < 1.29 is 0 Å². The van der Waals surface area contributed by atoms with Crippen molar-refractivity contribution in [3.8, 4) is 0 Å². The summed E-state index contributed by atoms with van der Waals surface area (Å²) in [4.78, 5) is 5.48.